The fraction of sp³-hybridized carbons (Fsp3) is 0.571. The van der Waals surface area contributed by atoms with Gasteiger partial charge in [0.2, 0.25) is 0 Å². The predicted molar refractivity (Wildman–Crippen MR) is 74.2 cm³/mol. The Morgan fingerprint density at radius 1 is 1.50 bits per heavy atom. The van der Waals surface area contributed by atoms with Gasteiger partial charge in [0.15, 0.2) is 0 Å². The van der Waals surface area contributed by atoms with Crippen molar-refractivity contribution in [2.45, 2.75) is 33.2 Å². The van der Waals surface area contributed by atoms with Crippen LogP contribution in [0.5, 0.6) is 0 Å². The van der Waals surface area contributed by atoms with Gasteiger partial charge in [0, 0.05) is 13.1 Å². The van der Waals surface area contributed by atoms with E-state index in [1.165, 1.54) is 0 Å². The number of nitrogens with zero attached hydrogens (tertiary/aromatic N) is 1. The number of hydrogen-bond donors (Lipinski definition) is 2. The SMILES string of the molecule is CCN(Cc1ccco1)C(=O)NCCCC(C)C(=O)O. The van der Waals surface area contributed by atoms with Crippen LogP contribution in [0, 0.1) is 5.92 Å². The maximum absolute atomic E-state index is 11.9. The van der Waals surface area contributed by atoms with Gasteiger partial charge in [-0.2, -0.15) is 0 Å². The highest BCUT2D eigenvalue weighted by Gasteiger charge is 2.14. The van der Waals surface area contributed by atoms with Crippen LogP contribution < -0.4 is 5.32 Å². The van der Waals surface area contributed by atoms with E-state index >= 15 is 0 Å². The summed E-state index contributed by atoms with van der Waals surface area (Å²) >= 11 is 0. The Morgan fingerprint density at radius 2 is 2.25 bits per heavy atom. The highest BCUT2D eigenvalue weighted by molar-refractivity contribution is 5.74. The normalized spacial score (nSPS) is 11.9. The molecule has 1 aromatic rings. The number of carboxylic acid groups (broad SMARTS) is 1. The minimum atomic E-state index is -0.802. The minimum Gasteiger partial charge on any atom is -0.481 e. The fourth-order valence-electron chi connectivity index (χ4n) is 1.76. The van der Waals surface area contributed by atoms with Gasteiger partial charge in [-0.1, -0.05) is 6.92 Å². The molecule has 6 heteroatoms. The van der Waals surface area contributed by atoms with Gasteiger partial charge in [-0.15, -0.1) is 0 Å². The lowest BCUT2D eigenvalue weighted by Crippen LogP contribution is -2.39. The van der Waals surface area contributed by atoms with Gasteiger partial charge >= 0.3 is 12.0 Å². The maximum Gasteiger partial charge on any atom is 0.317 e. The van der Waals surface area contributed by atoms with E-state index in [1.54, 1.807) is 24.2 Å². The molecule has 0 radical (unpaired) electrons. The van der Waals surface area contributed by atoms with E-state index in [0.29, 0.717) is 32.5 Å². The molecule has 1 heterocycles. The first-order valence-electron chi connectivity index (χ1n) is 6.82. The third kappa shape index (κ3) is 5.34. The summed E-state index contributed by atoms with van der Waals surface area (Å²) < 4.78 is 5.21. The van der Waals surface area contributed by atoms with Crippen LogP contribution in [0.25, 0.3) is 0 Å². The first-order chi connectivity index (χ1) is 9.54. The van der Waals surface area contributed by atoms with Crippen molar-refractivity contribution in [3.63, 3.8) is 0 Å². The molecule has 1 aromatic heterocycles. The molecule has 1 rings (SSSR count). The topological polar surface area (TPSA) is 82.8 Å². The molecule has 0 aliphatic heterocycles. The second kappa shape index (κ2) is 8.24. The lowest BCUT2D eigenvalue weighted by molar-refractivity contribution is -0.141. The summed E-state index contributed by atoms with van der Waals surface area (Å²) in [6, 6.07) is 3.45. The zero-order chi connectivity index (χ0) is 15.0. The van der Waals surface area contributed by atoms with Crippen LogP contribution in [0.4, 0.5) is 4.79 Å². The Morgan fingerprint density at radius 3 is 2.80 bits per heavy atom. The molecule has 2 amide bonds. The van der Waals surface area contributed by atoms with E-state index in [2.05, 4.69) is 5.32 Å². The second-order valence-corrected chi connectivity index (χ2v) is 4.71. The number of rotatable bonds is 8. The summed E-state index contributed by atoms with van der Waals surface area (Å²) in [7, 11) is 0. The van der Waals surface area contributed by atoms with E-state index in [9.17, 15) is 9.59 Å². The average Bonchev–Trinajstić information content (AvgIpc) is 2.93. The smallest absolute Gasteiger partial charge is 0.317 e. The summed E-state index contributed by atoms with van der Waals surface area (Å²) in [6.45, 7) is 5.05. The molecular formula is C14H22N2O4. The van der Waals surface area contributed by atoms with Crippen molar-refractivity contribution in [2.24, 2.45) is 5.92 Å². The third-order valence-electron chi connectivity index (χ3n) is 3.11. The van der Waals surface area contributed by atoms with Crippen LogP contribution in [-0.2, 0) is 11.3 Å². The van der Waals surface area contributed by atoms with E-state index in [0.717, 1.165) is 5.76 Å². The molecule has 0 aliphatic carbocycles. The molecule has 6 nitrogen and oxygen atoms in total. The van der Waals surface area contributed by atoms with Crippen LogP contribution in [0.1, 0.15) is 32.4 Å². The number of urea groups is 1. The summed E-state index contributed by atoms with van der Waals surface area (Å²) in [5.41, 5.74) is 0. The minimum absolute atomic E-state index is 0.160. The highest BCUT2D eigenvalue weighted by Crippen LogP contribution is 2.06. The summed E-state index contributed by atoms with van der Waals surface area (Å²) in [4.78, 5) is 24.2. The zero-order valence-corrected chi connectivity index (χ0v) is 12.0. The molecule has 2 N–H and O–H groups in total. The van der Waals surface area contributed by atoms with Crippen molar-refractivity contribution in [3.8, 4) is 0 Å². The zero-order valence-electron chi connectivity index (χ0n) is 12.0. The van der Waals surface area contributed by atoms with Crippen molar-refractivity contribution in [3.05, 3.63) is 24.2 Å². The molecular weight excluding hydrogens is 260 g/mol. The average molecular weight is 282 g/mol. The van der Waals surface area contributed by atoms with Crippen LogP contribution >= 0.6 is 0 Å². The number of furan rings is 1. The number of nitrogens with one attached hydrogen (secondary N) is 1. The van der Waals surface area contributed by atoms with Crippen molar-refractivity contribution < 1.29 is 19.1 Å². The van der Waals surface area contributed by atoms with Crippen molar-refractivity contribution in [2.75, 3.05) is 13.1 Å². The van der Waals surface area contributed by atoms with Gasteiger partial charge < -0.3 is 19.7 Å². The van der Waals surface area contributed by atoms with E-state index in [1.807, 2.05) is 13.0 Å². The number of aliphatic carboxylic acids is 1. The van der Waals surface area contributed by atoms with Gasteiger partial charge in [-0.25, -0.2) is 4.79 Å². The van der Waals surface area contributed by atoms with Gasteiger partial charge in [0.05, 0.1) is 18.7 Å². The largest absolute Gasteiger partial charge is 0.481 e. The standard InChI is InChI=1S/C14H22N2O4/c1-3-16(10-12-7-5-9-20-12)14(19)15-8-4-6-11(2)13(17)18/h5,7,9,11H,3-4,6,8,10H2,1-2H3,(H,15,19)(H,17,18). The van der Waals surface area contributed by atoms with Gasteiger partial charge in [-0.3, -0.25) is 4.79 Å². The summed E-state index contributed by atoms with van der Waals surface area (Å²) in [5.74, 6) is -0.442. The Hall–Kier alpha value is -1.98. The van der Waals surface area contributed by atoms with E-state index in [4.69, 9.17) is 9.52 Å². The number of amides is 2. The van der Waals surface area contributed by atoms with Crippen LogP contribution in [0.2, 0.25) is 0 Å². The van der Waals surface area contributed by atoms with Crippen LogP contribution in [0.15, 0.2) is 22.8 Å². The van der Waals surface area contributed by atoms with Crippen molar-refractivity contribution in [1.82, 2.24) is 10.2 Å². The van der Waals surface area contributed by atoms with E-state index in [-0.39, 0.29) is 11.9 Å². The van der Waals surface area contributed by atoms with Crippen molar-refractivity contribution >= 4 is 12.0 Å². The van der Waals surface area contributed by atoms with E-state index < -0.39 is 5.97 Å². The third-order valence-corrected chi connectivity index (χ3v) is 3.11. The van der Waals surface area contributed by atoms with Crippen LogP contribution in [-0.4, -0.2) is 35.1 Å². The molecule has 0 spiro atoms. The number of hydrogen-bond acceptors (Lipinski definition) is 3. The predicted octanol–water partition coefficient (Wildman–Crippen LogP) is 2.31. The first kappa shape index (κ1) is 16.1. The Labute approximate surface area is 118 Å². The Balaban J connectivity index is 2.27. The molecule has 0 saturated carbocycles. The first-order valence-corrected chi connectivity index (χ1v) is 6.82. The monoisotopic (exact) mass is 282 g/mol. The maximum atomic E-state index is 11.9. The van der Waals surface area contributed by atoms with Gasteiger partial charge in [0.1, 0.15) is 5.76 Å². The number of carbonyl (C=O) groups excluding carboxylic acids is 1. The summed E-state index contributed by atoms with van der Waals surface area (Å²) in [5, 5.41) is 11.5. The molecule has 0 aliphatic rings. The van der Waals surface area contributed by atoms with Gasteiger partial charge in [0.25, 0.3) is 0 Å². The molecule has 0 fully saturated rings. The fourth-order valence-corrected chi connectivity index (χ4v) is 1.76. The molecule has 0 saturated heterocycles. The van der Waals surface area contributed by atoms with Crippen molar-refractivity contribution in [1.29, 1.82) is 0 Å². The number of carbonyl (C=O) groups is 2. The molecule has 112 valence electrons. The molecule has 0 aromatic carbocycles. The Bertz CT molecular complexity index is 417. The lowest BCUT2D eigenvalue weighted by Gasteiger charge is -2.20. The molecule has 1 atom stereocenters. The lowest BCUT2D eigenvalue weighted by atomic mass is 10.1. The number of carboxylic acids is 1. The highest BCUT2D eigenvalue weighted by atomic mass is 16.4. The molecule has 0 bridgehead atoms. The second-order valence-electron chi connectivity index (χ2n) is 4.71. The summed E-state index contributed by atoms with van der Waals surface area (Å²) in [6.07, 6.45) is 2.78. The van der Waals surface area contributed by atoms with Crippen LogP contribution in [0.3, 0.4) is 0 Å². The van der Waals surface area contributed by atoms with Gasteiger partial charge in [-0.05, 0) is 31.9 Å². The molecule has 1 unspecified atom stereocenters. The molecule has 20 heavy (non-hydrogen) atoms. The Kier molecular flexibility index (Phi) is 6.63. The quantitative estimate of drug-likeness (QED) is 0.717.